The van der Waals surface area contributed by atoms with E-state index < -0.39 is 0 Å². The summed E-state index contributed by atoms with van der Waals surface area (Å²) in [5, 5.41) is 6.93. The summed E-state index contributed by atoms with van der Waals surface area (Å²) in [5.41, 5.74) is 1.68. The van der Waals surface area contributed by atoms with E-state index in [1.54, 1.807) is 0 Å². The molecule has 1 aromatic rings. The summed E-state index contributed by atoms with van der Waals surface area (Å²) in [6.07, 6.45) is 9.83. The Morgan fingerprint density at radius 1 is 1.27 bits per heavy atom. The fourth-order valence-electron chi connectivity index (χ4n) is 3.96. The van der Waals surface area contributed by atoms with E-state index in [9.17, 15) is 0 Å². The van der Waals surface area contributed by atoms with Gasteiger partial charge in [0.05, 0.1) is 0 Å². The topological polar surface area (TPSA) is 52.6 Å². The molecule has 0 bridgehead atoms. The molecule has 0 amide bonds. The van der Waals surface area contributed by atoms with Gasteiger partial charge in [0.2, 0.25) is 0 Å². The third-order valence-electron chi connectivity index (χ3n) is 6.40. The van der Waals surface area contributed by atoms with Crippen molar-refractivity contribution in [2.75, 3.05) is 31.6 Å². The second-order valence-corrected chi connectivity index (χ2v) is 8.18. The molecule has 1 aromatic heterocycles. The molecule has 1 aliphatic carbocycles. The molecular weight excluding hydrogens is 322 g/mol. The highest BCUT2D eigenvalue weighted by Crippen LogP contribution is 2.42. The van der Waals surface area contributed by atoms with E-state index in [2.05, 4.69) is 51.5 Å². The number of aliphatic imine (C=N–C) groups is 1. The lowest BCUT2D eigenvalue weighted by Crippen LogP contribution is -2.46. The summed E-state index contributed by atoms with van der Waals surface area (Å²) in [6.45, 7) is 8.67. The van der Waals surface area contributed by atoms with Crippen molar-refractivity contribution in [3.05, 3.63) is 23.9 Å². The predicted molar refractivity (Wildman–Crippen MR) is 110 cm³/mol. The molecule has 5 heteroatoms. The largest absolute Gasteiger partial charge is 0.357 e. The number of nitrogens with one attached hydrogen (secondary N) is 2. The van der Waals surface area contributed by atoms with Crippen molar-refractivity contribution >= 4 is 11.8 Å². The molecule has 0 spiro atoms. The molecular formula is C21H35N5. The number of anilines is 1. The standard InChI is InChI=1S/C21H35N5/c1-4-21(10-5-11-21)16-25-20(22-3)24-15-18-6-7-19(23-14-18)26-12-8-17(2)9-13-26/h6-7,14,17H,4-5,8-13,15-16H2,1-3H3,(H2,22,24,25). The van der Waals surface area contributed by atoms with Crippen LogP contribution < -0.4 is 15.5 Å². The molecule has 2 N–H and O–H groups in total. The molecule has 0 atom stereocenters. The van der Waals surface area contributed by atoms with Gasteiger partial charge in [-0.2, -0.15) is 0 Å². The smallest absolute Gasteiger partial charge is 0.191 e. The molecule has 26 heavy (non-hydrogen) atoms. The molecule has 1 saturated carbocycles. The van der Waals surface area contributed by atoms with Crippen LogP contribution in [0.2, 0.25) is 0 Å². The molecule has 3 rings (SSSR count). The van der Waals surface area contributed by atoms with Gasteiger partial charge in [-0.05, 0) is 55.1 Å². The maximum atomic E-state index is 4.68. The van der Waals surface area contributed by atoms with E-state index in [0.29, 0.717) is 5.41 Å². The van der Waals surface area contributed by atoms with Gasteiger partial charge in [0.1, 0.15) is 5.82 Å². The number of piperidine rings is 1. The van der Waals surface area contributed by atoms with E-state index in [-0.39, 0.29) is 0 Å². The van der Waals surface area contributed by atoms with Gasteiger partial charge in [-0.15, -0.1) is 0 Å². The Balaban J connectivity index is 1.46. The van der Waals surface area contributed by atoms with Gasteiger partial charge in [0, 0.05) is 39.4 Å². The van der Waals surface area contributed by atoms with Crippen molar-refractivity contribution in [3.63, 3.8) is 0 Å². The van der Waals surface area contributed by atoms with Gasteiger partial charge >= 0.3 is 0 Å². The van der Waals surface area contributed by atoms with Gasteiger partial charge in [-0.25, -0.2) is 4.98 Å². The highest BCUT2D eigenvalue weighted by atomic mass is 15.2. The van der Waals surface area contributed by atoms with Gasteiger partial charge in [-0.1, -0.05) is 26.3 Å². The van der Waals surface area contributed by atoms with Crippen LogP contribution in [0, 0.1) is 11.3 Å². The minimum absolute atomic E-state index is 0.493. The first-order valence-electron chi connectivity index (χ1n) is 10.3. The summed E-state index contributed by atoms with van der Waals surface area (Å²) in [4.78, 5) is 11.4. The van der Waals surface area contributed by atoms with E-state index >= 15 is 0 Å². The van der Waals surface area contributed by atoms with E-state index in [4.69, 9.17) is 0 Å². The number of rotatable bonds is 6. The maximum absolute atomic E-state index is 4.68. The molecule has 0 aromatic carbocycles. The van der Waals surface area contributed by atoms with Crippen LogP contribution in [0.1, 0.15) is 57.9 Å². The number of guanidine groups is 1. The van der Waals surface area contributed by atoms with Crippen LogP contribution in [0.5, 0.6) is 0 Å². The lowest BCUT2D eigenvalue weighted by molar-refractivity contribution is 0.131. The minimum Gasteiger partial charge on any atom is -0.357 e. The van der Waals surface area contributed by atoms with Crippen molar-refractivity contribution in [1.82, 2.24) is 15.6 Å². The minimum atomic E-state index is 0.493. The summed E-state index contributed by atoms with van der Waals surface area (Å²) in [5.74, 6) is 2.85. The highest BCUT2D eigenvalue weighted by molar-refractivity contribution is 5.79. The fraction of sp³-hybridized carbons (Fsp3) is 0.714. The van der Waals surface area contributed by atoms with Crippen molar-refractivity contribution in [1.29, 1.82) is 0 Å². The second-order valence-electron chi connectivity index (χ2n) is 8.18. The van der Waals surface area contributed by atoms with Gasteiger partial charge in [-0.3, -0.25) is 4.99 Å². The van der Waals surface area contributed by atoms with Gasteiger partial charge in [0.25, 0.3) is 0 Å². The average Bonchev–Trinajstić information content (AvgIpc) is 2.65. The van der Waals surface area contributed by atoms with Crippen LogP contribution in [0.3, 0.4) is 0 Å². The first-order chi connectivity index (χ1) is 12.6. The zero-order chi connectivity index (χ0) is 18.4. The van der Waals surface area contributed by atoms with Crippen LogP contribution in [0.15, 0.2) is 23.3 Å². The van der Waals surface area contributed by atoms with Crippen LogP contribution in [-0.4, -0.2) is 37.6 Å². The Morgan fingerprint density at radius 3 is 2.58 bits per heavy atom. The molecule has 0 unspecified atom stereocenters. The third kappa shape index (κ3) is 4.68. The Kier molecular flexibility index (Phi) is 6.38. The number of pyridine rings is 1. The van der Waals surface area contributed by atoms with Crippen molar-refractivity contribution in [2.24, 2.45) is 16.3 Å². The highest BCUT2D eigenvalue weighted by Gasteiger charge is 2.34. The van der Waals surface area contributed by atoms with E-state index in [0.717, 1.165) is 43.9 Å². The molecule has 2 aliphatic rings. The van der Waals surface area contributed by atoms with Crippen LogP contribution in [-0.2, 0) is 6.54 Å². The first kappa shape index (κ1) is 19.0. The Labute approximate surface area is 158 Å². The maximum Gasteiger partial charge on any atom is 0.191 e. The van der Waals surface area contributed by atoms with E-state index in [1.807, 2.05) is 13.2 Å². The lowest BCUT2D eigenvalue weighted by Gasteiger charge is -2.41. The average molecular weight is 358 g/mol. The van der Waals surface area contributed by atoms with Crippen LogP contribution in [0.4, 0.5) is 5.82 Å². The normalized spacial score (nSPS) is 20.6. The quantitative estimate of drug-likeness (QED) is 0.604. The van der Waals surface area contributed by atoms with Gasteiger partial charge < -0.3 is 15.5 Å². The van der Waals surface area contributed by atoms with E-state index in [1.165, 1.54) is 44.1 Å². The first-order valence-corrected chi connectivity index (χ1v) is 10.3. The third-order valence-corrected chi connectivity index (χ3v) is 6.40. The molecule has 1 saturated heterocycles. The fourth-order valence-corrected chi connectivity index (χ4v) is 3.96. The Morgan fingerprint density at radius 2 is 2.04 bits per heavy atom. The summed E-state index contributed by atoms with van der Waals surface area (Å²) in [7, 11) is 1.84. The SMILES string of the molecule is CCC1(CNC(=NC)NCc2ccc(N3CCC(C)CC3)nc2)CCC1. The Bertz CT molecular complexity index is 577. The van der Waals surface area contributed by atoms with Gasteiger partial charge in [0.15, 0.2) is 5.96 Å². The lowest BCUT2D eigenvalue weighted by atomic mass is 9.67. The molecule has 2 heterocycles. The number of nitrogens with zero attached hydrogens (tertiary/aromatic N) is 3. The number of hydrogen-bond acceptors (Lipinski definition) is 3. The number of hydrogen-bond donors (Lipinski definition) is 2. The summed E-state index contributed by atoms with van der Waals surface area (Å²) < 4.78 is 0. The zero-order valence-electron chi connectivity index (χ0n) is 16.7. The predicted octanol–water partition coefficient (Wildman–Crippen LogP) is 3.56. The summed E-state index contributed by atoms with van der Waals surface area (Å²) >= 11 is 0. The molecule has 0 radical (unpaired) electrons. The van der Waals surface area contributed by atoms with Crippen molar-refractivity contribution in [2.45, 2.75) is 58.9 Å². The number of aromatic nitrogens is 1. The monoisotopic (exact) mass is 357 g/mol. The molecule has 1 aliphatic heterocycles. The van der Waals surface area contributed by atoms with Crippen molar-refractivity contribution < 1.29 is 0 Å². The van der Waals surface area contributed by atoms with Crippen LogP contribution in [0.25, 0.3) is 0 Å². The van der Waals surface area contributed by atoms with Crippen LogP contribution >= 0.6 is 0 Å². The molecule has 2 fully saturated rings. The molecule has 5 nitrogen and oxygen atoms in total. The second kappa shape index (κ2) is 8.74. The summed E-state index contributed by atoms with van der Waals surface area (Å²) in [6, 6.07) is 4.34. The van der Waals surface area contributed by atoms with Crippen molar-refractivity contribution in [3.8, 4) is 0 Å². The zero-order valence-corrected chi connectivity index (χ0v) is 16.7. The Hall–Kier alpha value is -1.78. The molecule has 144 valence electrons.